The lowest BCUT2D eigenvalue weighted by Crippen LogP contribution is -2.03. The van der Waals surface area contributed by atoms with Crippen LogP contribution in [-0.2, 0) is 17.8 Å². The molecule has 0 aliphatic heterocycles. The molecule has 0 radical (unpaired) electrons. The Balaban J connectivity index is 1.86. The van der Waals surface area contributed by atoms with Crippen LogP contribution in [0, 0.1) is 5.82 Å². The van der Waals surface area contributed by atoms with E-state index in [0.29, 0.717) is 23.1 Å². The molecular weight excluding hydrogens is 273 g/mol. The van der Waals surface area contributed by atoms with E-state index in [9.17, 15) is 9.18 Å². The van der Waals surface area contributed by atoms with E-state index in [-0.39, 0.29) is 12.2 Å². The summed E-state index contributed by atoms with van der Waals surface area (Å²) < 4.78 is 12.9. The number of carbonyl (C=O) groups is 1. The normalized spacial score (nSPS) is 10.9. The van der Waals surface area contributed by atoms with Crippen LogP contribution in [0.3, 0.4) is 0 Å². The van der Waals surface area contributed by atoms with Crippen LogP contribution >= 0.6 is 0 Å². The average Bonchev–Trinajstić information content (AvgIpc) is 2.82. The maximum atomic E-state index is 12.9. The highest BCUT2D eigenvalue weighted by molar-refractivity contribution is 5.77. The molecule has 0 fully saturated rings. The summed E-state index contributed by atoms with van der Waals surface area (Å²) in [7, 11) is 0. The van der Waals surface area contributed by atoms with Crippen molar-refractivity contribution >= 4 is 17.0 Å². The Morgan fingerprint density at radius 3 is 2.43 bits per heavy atom. The Bertz CT molecular complexity index is 796. The first-order valence-corrected chi connectivity index (χ1v) is 6.40. The smallest absolute Gasteiger partial charge is 0.307 e. The van der Waals surface area contributed by atoms with E-state index < -0.39 is 5.97 Å². The largest absolute Gasteiger partial charge is 0.481 e. The Kier molecular flexibility index (Phi) is 3.35. The molecule has 0 saturated carbocycles. The highest BCUT2D eigenvalue weighted by atomic mass is 19.1. The van der Waals surface area contributed by atoms with E-state index >= 15 is 0 Å². The van der Waals surface area contributed by atoms with Gasteiger partial charge >= 0.3 is 5.97 Å². The number of benzene rings is 2. The molecule has 3 aromatic rings. The fraction of sp³-hybridized carbons (Fsp3) is 0.133. The van der Waals surface area contributed by atoms with Crippen molar-refractivity contribution in [3.05, 3.63) is 59.4 Å². The van der Waals surface area contributed by atoms with Gasteiger partial charge in [0, 0.05) is 0 Å². The van der Waals surface area contributed by atoms with Crippen LogP contribution in [0.2, 0.25) is 0 Å². The van der Waals surface area contributed by atoms with E-state index in [1.54, 1.807) is 30.3 Å². The molecule has 0 bridgehead atoms. The standard InChI is InChI=1S/C15H12FN3O2/c16-12-4-1-10(2-5-12)9-19-17-13-6-3-11(8-15(20)21)7-14(13)18-19/h1-7H,8-9H2,(H,20,21). The number of hydrogen-bond donors (Lipinski definition) is 1. The third-order valence-corrected chi connectivity index (χ3v) is 3.08. The summed E-state index contributed by atoms with van der Waals surface area (Å²) in [6.45, 7) is 0.434. The lowest BCUT2D eigenvalue weighted by molar-refractivity contribution is -0.136. The third kappa shape index (κ3) is 3.05. The molecule has 3 rings (SSSR count). The van der Waals surface area contributed by atoms with Crippen LogP contribution in [0.25, 0.3) is 11.0 Å². The highest BCUT2D eigenvalue weighted by Crippen LogP contribution is 2.13. The molecule has 0 aliphatic carbocycles. The first kappa shape index (κ1) is 13.2. The molecule has 1 N–H and O–H groups in total. The SMILES string of the molecule is O=C(O)Cc1ccc2nn(Cc3ccc(F)cc3)nc2c1. The Hall–Kier alpha value is -2.76. The Morgan fingerprint density at radius 2 is 1.71 bits per heavy atom. The second-order valence-corrected chi connectivity index (χ2v) is 4.75. The van der Waals surface area contributed by atoms with Gasteiger partial charge in [-0.15, -0.1) is 0 Å². The second-order valence-electron chi connectivity index (χ2n) is 4.75. The first-order chi connectivity index (χ1) is 10.1. The van der Waals surface area contributed by atoms with Gasteiger partial charge in [-0.2, -0.15) is 15.0 Å². The summed E-state index contributed by atoms with van der Waals surface area (Å²) in [5, 5.41) is 17.4. The van der Waals surface area contributed by atoms with Crippen molar-refractivity contribution in [3.63, 3.8) is 0 Å². The molecule has 6 heteroatoms. The summed E-state index contributed by atoms with van der Waals surface area (Å²) in [5.74, 6) is -1.16. The minimum atomic E-state index is -0.881. The van der Waals surface area contributed by atoms with Crippen molar-refractivity contribution in [2.24, 2.45) is 0 Å². The monoisotopic (exact) mass is 285 g/mol. The van der Waals surface area contributed by atoms with Crippen LogP contribution in [0.1, 0.15) is 11.1 Å². The van der Waals surface area contributed by atoms with Gasteiger partial charge in [-0.25, -0.2) is 4.39 Å². The number of nitrogens with zero attached hydrogens (tertiary/aromatic N) is 3. The van der Waals surface area contributed by atoms with Crippen molar-refractivity contribution in [3.8, 4) is 0 Å². The number of rotatable bonds is 4. The molecule has 0 aliphatic rings. The predicted molar refractivity (Wildman–Crippen MR) is 74.4 cm³/mol. The van der Waals surface area contributed by atoms with E-state index in [1.165, 1.54) is 16.9 Å². The zero-order chi connectivity index (χ0) is 14.8. The van der Waals surface area contributed by atoms with Crippen LogP contribution in [-0.4, -0.2) is 26.1 Å². The van der Waals surface area contributed by atoms with Crippen LogP contribution < -0.4 is 0 Å². The van der Waals surface area contributed by atoms with E-state index in [1.807, 2.05) is 0 Å². The third-order valence-electron chi connectivity index (χ3n) is 3.08. The van der Waals surface area contributed by atoms with E-state index in [0.717, 1.165) is 5.56 Å². The van der Waals surface area contributed by atoms with Crippen molar-refractivity contribution in [1.29, 1.82) is 0 Å². The van der Waals surface area contributed by atoms with E-state index in [2.05, 4.69) is 10.2 Å². The van der Waals surface area contributed by atoms with Gasteiger partial charge in [0.1, 0.15) is 16.9 Å². The minimum absolute atomic E-state index is 0.0409. The fourth-order valence-corrected chi connectivity index (χ4v) is 2.11. The van der Waals surface area contributed by atoms with Gasteiger partial charge in [-0.05, 0) is 35.4 Å². The number of carboxylic acids is 1. The van der Waals surface area contributed by atoms with Gasteiger partial charge in [0.25, 0.3) is 0 Å². The first-order valence-electron chi connectivity index (χ1n) is 6.40. The molecular formula is C15H12FN3O2. The second kappa shape index (κ2) is 5.32. The zero-order valence-electron chi connectivity index (χ0n) is 11.0. The molecule has 106 valence electrons. The topological polar surface area (TPSA) is 68.0 Å². The highest BCUT2D eigenvalue weighted by Gasteiger charge is 2.07. The number of carboxylic acid groups (broad SMARTS) is 1. The summed E-state index contributed by atoms with van der Waals surface area (Å²) in [6.07, 6.45) is -0.0409. The van der Waals surface area contributed by atoms with Gasteiger partial charge < -0.3 is 5.11 Å². The van der Waals surface area contributed by atoms with E-state index in [4.69, 9.17) is 5.11 Å². The van der Waals surface area contributed by atoms with Crippen LogP contribution in [0.15, 0.2) is 42.5 Å². The summed E-state index contributed by atoms with van der Waals surface area (Å²) in [6, 6.07) is 11.3. The molecule has 0 spiro atoms. The Labute approximate surface area is 119 Å². The van der Waals surface area contributed by atoms with Crippen LogP contribution in [0.4, 0.5) is 4.39 Å². The van der Waals surface area contributed by atoms with Gasteiger partial charge in [0.2, 0.25) is 0 Å². The number of halogens is 1. The maximum absolute atomic E-state index is 12.9. The molecule has 0 unspecified atom stereocenters. The van der Waals surface area contributed by atoms with Gasteiger partial charge in [0.15, 0.2) is 0 Å². The van der Waals surface area contributed by atoms with Gasteiger partial charge in [0.05, 0.1) is 13.0 Å². The molecule has 1 heterocycles. The molecule has 1 aromatic heterocycles. The maximum Gasteiger partial charge on any atom is 0.307 e. The van der Waals surface area contributed by atoms with Gasteiger partial charge in [-0.3, -0.25) is 4.79 Å². The molecule has 2 aromatic carbocycles. The summed E-state index contributed by atoms with van der Waals surface area (Å²) >= 11 is 0. The van der Waals surface area contributed by atoms with Crippen molar-refractivity contribution in [2.75, 3.05) is 0 Å². The van der Waals surface area contributed by atoms with Crippen molar-refractivity contribution in [2.45, 2.75) is 13.0 Å². The zero-order valence-corrected chi connectivity index (χ0v) is 11.0. The average molecular weight is 285 g/mol. The fourth-order valence-electron chi connectivity index (χ4n) is 2.11. The molecule has 5 nitrogen and oxygen atoms in total. The van der Waals surface area contributed by atoms with Crippen molar-refractivity contribution < 1.29 is 14.3 Å². The summed E-state index contributed by atoms with van der Waals surface area (Å²) in [5.41, 5.74) is 2.92. The number of aromatic nitrogens is 3. The van der Waals surface area contributed by atoms with Crippen molar-refractivity contribution in [1.82, 2.24) is 15.0 Å². The number of fused-ring (bicyclic) bond motifs is 1. The summed E-state index contributed by atoms with van der Waals surface area (Å²) in [4.78, 5) is 12.2. The molecule has 0 amide bonds. The molecule has 21 heavy (non-hydrogen) atoms. The predicted octanol–water partition coefficient (Wildman–Crippen LogP) is 2.25. The molecule has 0 atom stereocenters. The lowest BCUT2D eigenvalue weighted by atomic mass is 10.1. The number of aliphatic carboxylic acids is 1. The van der Waals surface area contributed by atoms with Crippen LogP contribution in [0.5, 0.6) is 0 Å². The Morgan fingerprint density at radius 1 is 1.05 bits per heavy atom. The minimum Gasteiger partial charge on any atom is -0.481 e. The molecule has 0 saturated heterocycles. The van der Waals surface area contributed by atoms with Gasteiger partial charge in [-0.1, -0.05) is 18.2 Å². The quantitative estimate of drug-likeness (QED) is 0.798. The number of hydrogen-bond acceptors (Lipinski definition) is 3. The lowest BCUT2D eigenvalue weighted by Gasteiger charge is -1.99.